The Morgan fingerprint density at radius 1 is 0.895 bits per heavy atom. The van der Waals surface area contributed by atoms with E-state index >= 15 is 0 Å². The zero-order valence-corrected chi connectivity index (χ0v) is 13.1. The van der Waals surface area contributed by atoms with Crippen molar-refractivity contribution in [2.75, 3.05) is 32.8 Å². The summed E-state index contributed by atoms with van der Waals surface area (Å²) in [7, 11) is 0. The Balaban J connectivity index is 0. The molecule has 4 nitrogen and oxygen atoms in total. The van der Waals surface area contributed by atoms with Crippen LogP contribution in [0.2, 0.25) is 0 Å². The first-order chi connectivity index (χ1) is 9.16. The minimum absolute atomic E-state index is 0.344. The molecular weight excluding hydrogens is 242 g/mol. The summed E-state index contributed by atoms with van der Waals surface area (Å²) >= 11 is 0. The molecule has 0 fully saturated rings. The second kappa shape index (κ2) is 15.4. The van der Waals surface area contributed by atoms with Crippen molar-refractivity contribution in [3.63, 3.8) is 0 Å². The zero-order chi connectivity index (χ0) is 15.0. The standard InChI is InChI=1S/C14H32NO.CH2O2/c1-4-7-10-15(13-14-16,11-8-5-2)12-9-6-3;2-1-3/h16H,4-14H2,1-3H3;1H,(H,2,3)/q+1;/p-1. The summed E-state index contributed by atoms with van der Waals surface area (Å²) in [5.74, 6) is 0. The number of rotatable bonds is 11. The van der Waals surface area contributed by atoms with Gasteiger partial charge in [0.15, 0.2) is 0 Å². The Kier molecular flexibility index (Phi) is 16.8. The summed E-state index contributed by atoms with van der Waals surface area (Å²) in [5, 5.41) is 17.5. The number of hydrogen-bond donors (Lipinski definition) is 1. The number of quaternary nitrogens is 1. The summed E-state index contributed by atoms with van der Waals surface area (Å²) in [4.78, 5) is 8.25. The Morgan fingerprint density at radius 3 is 1.42 bits per heavy atom. The van der Waals surface area contributed by atoms with Gasteiger partial charge in [-0.2, -0.15) is 0 Å². The van der Waals surface area contributed by atoms with Crippen molar-refractivity contribution in [1.82, 2.24) is 0 Å². The van der Waals surface area contributed by atoms with Crippen LogP contribution in [0.1, 0.15) is 59.3 Å². The molecule has 0 rings (SSSR count). The van der Waals surface area contributed by atoms with Gasteiger partial charge >= 0.3 is 0 Å². The van der Waals surface area contributed by atoms with Gasteiger partial charge < -0.3 is 19.5 Å². The highest BCUT2D eigenvalue weighted by Gasteiger charge is 2.24. The molecule has 1 N–H and O–H groups in total. The minimum atomic E-state index is -0.500. The molecule has 0 unspecified atom stereocenters. The smallest absolute Gasteiger partial charge is 0.102 e. The van der Waals surface area contributed by atoms with Gasteiger partial charge in [-0.1, -0.05) is 40.0 Å². The van der Waals surface area contributed by atoms with Crippen LogP contribution in [0.3, 0.4) is 0 Å². The Labute approximate surface area is 119 Å². The largest absolute Gasteiger partial charge is 0.554 e. The van der Waals surface area contributed by atoms with Gasteiger partial charge in [0, 0.05) is 6.47 Å². The average molecular weight is 275 g/mol. The lowest BCUT2D eigenvalue weighted by Crippen LogP contribution is -2.51. The number of nitrogens with zero attached hydrogens (tertiary/aromatic N) is 1. The van der Waals surface area contributed by atoms with Gasteiger partial charge in [0.1, 0.15) is 6.54 Å². The van der Waals surface area contributed by atoms with Gasteiger partial charge in [0.2, 0.25) is 0 Å². The van der Waals surface area contributed by atoms with Crippen molar-refractivity contribution in [1.29, 1.82) is 0 Å². The highest BCUT2D eigenvalue weighted by molar-refractivity contribution is 5.29. The molecule has 19 heavy (non-hydrogen) atoms. The van der Waals surface area contributed by atoms with Gasteiger partial charge in [-0.25, -0.2) is 0 Å². The molecule has 0 atom stereocenters. The van der Waals surface area contributed by atoms with Crippen molar-refractivity contribution in [3.05, 3.63) is 0 Å². The van der Waals surface area contributed by atoms with Crippen LogP contribution in [-0.4, -0.2) is 48.8 Å². The van der Waals surface area contributed by atoms with Crippen molar-refractivity contribution < 1.29 is 19.5 Å². The molecular formula is C15H33NO3. The monoisotopic (exact) mass is 275 g/mol. The molecule has 0 saturated heterocycles. The van der Waals surface area contributed by atoms with Crippen LogP contribution in [0, 0.1) is 0 Å². The van der Waals surface area contributed by atoms with E-state index in [1.165, 1.54) is 58.2 Å². The first kappa shape index (κ1) is 20.7. The van der Waals surface area contributed by atoms with Crippen LogP contribution in [0.5, 0.6) is 0 Å². The lowest BCUT2D eigenvalue weighted by atomic mass is 10.1. The van der Waals surface area contributed by atoms with Crippen molar-refractivity contribution in [2.45, 2.75) is 59.3 Å². The maximum absolute atomic E-state index is 9.28. The summed E-state index contributed by atoms with van der Waals surface area (Å²) < 4.78 is 1.16. The maximum Gasteiger partial charge on any atom is 0.102 e. The second-order valence-corrected chi connectivity index (χ2v) is 5.12. The molecule has 4 heteroatoms. The molecule has 0 aromatic rings. The molecule has 0 aliphatic carbocycles. The molecule has 0 aliphatic heterocycles. The molecule has 0 radical (unpaired) electrons. The van der Waals surface area contributed by atoms with E-state index < -0.39 is 6.47 Å². The topological polar surface area (TPSA) is 60.4 Å². The highest BCUT2D eigenvalue weighted by atomic mass is 16.3. The molecule has 0 spiro atoms. The lowest BCUT2D eigenvalue weighted by molar-refractivity contribution is -0.929. The number of hydrogen-bond acceptors (Lipinski definition) is 3. The van der Waals surface area contributed by atoms with E-state index in [4.69, 9.17) is 9.90 Å². The summed E-state index contributed by atoms with van der Waals surface area (Å²) in [6, 6.07) is 0. The fraction of sp³-hybridized carbons (Fsp3) is 0.933. The Hall–Kier alpha value is -0.610. The van der Waals surface area contributed by atoms with Crippen LogP contribution in [0.4, 0.5) is 0 Å². The number of carbonyl (C=O) groups excluding carboxylic acids is 1. The molecule has 0 aromatic carbocycles. The second-order valence-electron chi connectivity index (χ2n) is 5.12. The summed E-state index contributed by atoms with van der Waals surface area (Å²) in [6.45, 7) is 11.4. The number of aliphatic hydroxyl groups is 1. The van der Waals surface area contributed by atoms with Crippen LogP contribution in [0.15, 0.2) is 0 Å². The van der Waals surface area contributed by atoms with Gasteiger partial charge in [0.05, 0.1) is 26.2 Å². The zero-order valence-electron chi connectivity index (χ0n) is 13.1. The van der Waals surface area contributed by atoms with E-state index in [0.29, 0.717) is 6.61 Å². The van der Waals surface area contributed by atoms with E-state index in [1.807, 2.05) is 0 Å². The van der Waals surface area contributed by atoms with Crippen molar-refractivity contribution in [3.8, 4) is 0 Å². The van der Waals surface area contributed by atoms with Gasteiger partial charge in [-0.05, 0) is 19.3 Å². The maximum atomic E-state index is 9.28. The summed E-state index contributed by atoms with van der Waals surface area (Å²) in [5.41, 5.74) is 0. The third kappa shape index (κ3) is 12.2. The Bertz CT molecular complexity index is 164. The predicted molar refractivity (Wildman–Crippen MR) is 77.6 cm³/mol. The third-order valence-corrected chi connectivity index (χ3v) is 3.53. The molecule has 116 valence electrons. The molecule has 0 aromatic heterocycles. The van der Waals surface area contributed by atoms with Crippen LogP contribution in [0.25, 0.3) is 0 Å². The van der Waals surface area contributed by atoms with Gasteiger partial charge in [-0.15, -0.1) is 0 Å². The normalized spacial score (nSPS) is 10.7. The fourth-order valence-electron chi connectivity index (χ4n) is 2.36. The van der Waals surface area contributed by atoms with Crippen LogP contribution < -0.4 is 5.11 Å². The quantitative estimate of drug-likeness (QED) is 0.460. The molecule has 0 aliphatic rings. The van der Waals surface area contributed by atoms with E-state index in [2.05, 4.69) is 20.8 Å². The number of aliphatic hydroxyl groups excluding tert-OH is 1. The predicted octanol–water partition coefficient (Wildman–Crippen LogP) is 1.56. The van der Waals surface area contributed by atoms with E-state index in [9.17, 15) is 5.11 Å². The van der Waals surface area contributed by atoms with E-state index in [1.54, 1.807) is 0 Å². The highest BCUT2D eigenvalue weighted by Crippen LogP contribution is 2.14. The first-order valence-electron chi connectivity index (χ1n) is 7.67. The van der Waals surface area contributed by atoms with E-state index in [-0.39, 0.29) is 0 Å². The van der Waals surface area contributed by atoms with Gasteiger partial charge in [0.25, 0.3) is 0 Å². The number of unbranched alkanes of at least 4 members (excludes halogenated alkanes) is 3. The van der Waals surface area contributed by atoms with Gasteiger partial charge in [-0.3, -0.25) is 0 Å². The summed E-state index contributed by atoms with van der Waals surface area (Å²) in [6.07, 6.45) is 7.70. The van der Waals surface area contributed by atoms with Crippen molar-refractivity contribution in [2.24, 2.45) is 0 Å². The minimum Gasteiger partial charge on any atom is -0.554 e. The van der Waals surface area contributed by atoms with E-state index in [0.717, 1.165) is 11.0 Å². The number of carboxylic acid groups (broad SMARTS) is 1. The Morgan fingerprint density at radius 2 is 1.21 bits per heavy atom. The molecule has 0 saturated carbocycles. The molecule has 0 heterocycles. The fourth-order valence-corrected chi connectivity index (χ4v) is 2.36. The molecule has 0 amide bonds. The first-order valence-corrected chi connectivity index (χ1v) is 7.67. The average Bonchev–Trinajstić information content (AvgIpc) is 2.41. The molecule has 0 bridgehead atoms. The lowest BCUT2D eigenvalue weighted by Gasteiger charge is -2.38. The van der Waals surface area contributed by atoms with Crippen LogP contribution >= 0.6 is 0 Å². The number of carbonyl (C=O) groups is 1. The third-order valence-electron chi connectivity index (χ3n) is 3.53. The van der Waals surface area contributed by atoms with Crippen molar-refractivity contribution >= 4 is 6.47 Å². The van der Waals surface area contributed by atoms with Crippen LogP contribution in [-0.2, 0) is 4.79 Å². The SMILES string of the molecule is CCCC[N+](CCO)(CCCC)CCCC.O=C[O-].